The van der Waals surface area contributed by atoms with E-state index in [4.69, 9.17) is 11.5 Å². The van der Waals surface area contributed by atoms with Gasteiger partial charge in [0.1, 0.15) is 18.1 Å². The van der Waals surface area contributed by atoms with Crippen LogP contribution in [0.2, 0.25) is 0 Å². The number of hydrogen-bond donors (Lipinski definition) is 7. The molecule has 0 aliphatic heterocycles. The fourth-order valence-corrected chi connectivity index (χ4v) is 2.88. The van der Waals surface area contributed by atoms with E-state index >= 15 is 0 Å². The first-order chi connectivity index (χ1) is 14.3. The molecule has 31 heavy (non-hydrogen) atoms. The number of carbonyl (C=O) groups is 5. The topological polar surface area (TPSA) is 194 Å². The van der Waals surface area contributed by atoms with Crippen LogP contribution in [0, 0.1) is 11.8 Å². The minimum absolute atomic E-state index is 0.00956. The van der Waals surface area contributed by atoms with E-state index in [9.17, 15) is 29.1 Å². The summed E-state index contributed by atoms with van der Waals surface area (Å²) in [6.07, 6.45) is 0.323. The van der Waals surface area contributed by atoms with E-state index in [1.165, 1.54) is 0 Å². The number of thiol groups is 1. The highest BCUT2D eigenvalue weighted by Crippen LogP contribution is 2.07. The summed E-state index contributed by atoms with van der Waals surface area (Å²) >= 11 is 4.03. The third-order valence-corrected chi connectivity index (χ3v) is 5.10. The van der Waals surface area contributed by atoms with Crippen LogP contribution in [0.3, 0.4) is 0 Å². The van der Waals surface area contributed by atoms with Crippen LogP contribution in [0.25, 0.3) is 0 Å². The van der Waals surface area contributed by atoms with Crippen LogP contribution in [-0.2, 0) is 24.0 Å². The van der Waals surface area contributed by atoms with Gasteiger partial charge >= 0.3 is 5.97 Å². The van der Waals surface area contributed by atoms with Crippen molar-refractivity contribution in [3.8, 4) is 0 Å². The molecule has 12 heteroatoms. The normalized spacial score (nSPS) is 15.8. The van der Waals surface area contributed by atoms with Crippen molar-refractivity contribution in [2.75, 3.05) is 5.75 Å². The Balaban J connectivity index is 5.30. The van der Waals surface area contributed by atoms with Gasteiger partial charge in [0.2, 0.25) is 23.6 Å². The summed E-state index contributed by atoms with van der Waals surface area (Å²) in [4.78, 5) is 60.2. The zero-order chi connectivity index (χ0) is 24.3. The minimum Gasteiger partial charge on any atom is -0.480 e. The van der Waals surface area contributed by atoms with Crippen molar-refractivity contribution in [1.29, 1.82) is 0 Å². The van der Waals surface area contributed by atoms with Gasteiger partial charge < -0.3 is 32.5 Å². The number of hydrogen-bond acceptors (Lipinski definition) is 7. The third kappa shape index (κ3) is 10.5. The van der Waals surface area contributed by atoms with Gasteiger partial charge in [-0.25, -0.2) is 4.79 Å². The van der Waals surface area contributed by atoms with Crippen molar-refractivity contribution >= 4 is 42.2 Å². The van der Waals surface area contributed by atoms with Crippen LogP contribution in [0.1, 0.15) is 47.0 Å². The molecule has 11 nitrogen and oxygen atoms in total. The molecule has 0 saturated heterocycles. The highest BCUT2D eigenvalue weighted by Gasteiger charge is 2.31. The number of carboxylic acids is 1. The molecule has 4 amide bonds. The van der Waals surface area contributed by atoms with Gasteiger partial charge in [-0.15, -0.1) is 0 Å². The second-order valence-electron chi connectivity index (χ2n) is 7.92. The molecule has 0 aliphatic carbocycles. The van der Waals surface area contributed by atoms with Crippen LogP contribution in [0.4, 0.5) is 0 Å². The fourth-order valence-electron chi connectivity index (χ4n) is 2.62. The van der Waals surface area contributed by atoms with Gasteiger partial charge in [-0.3, -0.25) is 19.2 Å². The number of carbonyl (C=O) groups excluding carboxylic acids is 4. The Morgan fingerprint density at radius 3 is 1.81 bits per heavy atom. The van der Waals surface area contributed by atoms with Crippen molar-refractivity contribution in [3.63, 3.8) is 0 Å². The summed E-state index contributed by atoms with van der Waals surface area (Å²) in [5.41, 5.74) is 11.0. The molecule has 0 rings (SSSR count). The first-order valence-corrected chi connectivity index (χ1v) is 10.8. The Labute approximate surface area is 187 Å². The fraction of sp³-hybridized carbons (Fsp3) is 0.737. The van der Waals surface area contributed by atoms with Crippen molar-refractivity contribution in [2.24, 2.45) is 23.3 Å². The quantitative estimate of drug-likeness (QED) is 0.157. The Bertz CT molecular complexity index is 660. The molecule has 178 valence electrons. The van der Waals surface area contributed by atoms with Crippen LogP contribution in [0.15, 0.2) is 0 Å². The lowest BCUT2D eigenvalue weighted by Gasteiger charge is -2.25. The van der Waals surface area contributed by atoms with E-state index in [0.717, 1.165) is 0 Å². The average Bonchev–Trinajstić information content (AvgIpc) is 2.68. The molecular weight excluding hydrogens is 426 g/mol. The van der Waals surface area contributed by atoms with Gasteiger partial charge in [0, 0.05) is 5.75 Å². The monoisotopic (exact) mass is 461 g/mol. The zero-order valence-electron chi connectivity index (χ0n) is 18.4. The molecule has 0 saturated carbocycles. The molecule has 8 N–H and O–H groups in total. The van der Waals surface area contributed by atoms with Gasteiger partial charge in [-0.2, -0.15) is 12.6 Å². The number of carboxylic acid groups (broad SMARTS) is 1. The highest BCUT2D eigenvalue weighted by atomic mass is 32.1. The van der Waals surface area contributed by atoms with E-state index in [1.54, 1.807) is 20.8 Å². The molecule has 0 spiro atoms. The number of aliphatic carboxylic acids is 1. The first-order valence-electron chi connectivity index (χ1n) is 10.1. The van der Waals surface area contributed by atoms with E-state index < -0.39 is 60.2 Å². The lowest BCUT2D eigenvalue weighted by Crippen LogP contribution is -2.58. The van der Waals surface area contributed by atoms with E-state index in [2.05, 4.69) is 28.6 Å². The second kappa shape index (κ2) is 13.9. The Morgan fingerprint density at radius 1 is 0.903 bits per heavy atom. The summed E-state index contributed by atoms with van der Waals surface area (Å²) in [6.45, 7) is 7.23. The van der Waals surface area contributed by atoms with Crippen LogP contribution < -0.4 is 27.4 Å². The largest absolute Gasteiger partial charge is 0.480 e. The summed E-state index contributed by atoms with van der Waals surface area (Å²) in [5, 5.41) is 16.4. The van der Waals surface area contributed by atoms with Crippen LogP contribution in [0.5, 0.6) is 0 Å². The molecule has 0 radical (unpaired) electrons. The molecule has 0 bridgehead atoms. The molecule has 5 atom stereocenters. The molecule has 0 aliphatic rings. The standard InChI is InChI=1S/C19H35N5O6S/c1-5-10(4)15(21)18(28)22-11(7-14(20)25)16(26)24-13(8-31)17(27)23-12(19(29)30)6-9(2)3/h9-13,15,31H,5-8,21H2,1-4H3,(H2,20,25)(H,22,28)(H,23,27)(H,24,26)(H,29,30). The maximum atomic E-state index is 12.6. The number of nitrogens with two attached hydrogens (primary N) is 2. The average molecular weight is 462 g/mol. The van der Waals surface area contributed by atoms with Crippen molar-refractivity contribution in [3.05, 3.63) is 0 Å². The van der Waals surface area contributed by atoms with E-state index in [-0.39, 0.29) is 24.0 Å². The lowest BCUT2D eigenvalue weighted by molar-refractivity contribution is -0.142. The maximum Gasteiger partial charge on any atom is 0.326 e. The SMILES string of the molecule is CCC(C)C(N)C(=O)NC(CC(N)=O)C(=O)NC(CS)C(=O)NC(CC(C)C)C(=O)O. The zero-order valence-corrected chi connectivity index (χ0v) is 19.3. The molecule has 0 aromatic carbocycles. The second-order valence-corrected chi connectivity index (χ2v) is 8.28. The Morgan fingerprint density at radius 2 is 1.39 bits per heavy atom. The van der Waals surface area contributed by atoms with Gasteiger partial charge in [-0.05, 0) is 18.3 Å². The summed E-state index contributed by atoms with van der Waals surface area (Å²) in [6, 6.07) is -4.58. The first kappa shape index (κ1) is 28.7. The van der Waals surface area contributed by atoms with Crippen LogP contribution in [-0.4, -0.2) is 64.6 Å². The summed E-state index contributed by atoms with van der Waals surface area (Å²) < 4.78 is 0. The van der Waals surface area contributed by atoms with Crippen molar-refractivity contribution in [1.82, 2.24) is 16.0 Å². The smallest absolute Gasteiger partial charge is 0.326 e. The van der Waals surface area contributed by atoms with Crippen molar-refractivity contribution < 1.29 is 29.1 Å². The molecular formula is C19H35N5O6S. The van der Waals surface area contributed by atoms with Gasteiger partial charge in [0.25, 0.3) is 0 Å². The predicted octanol–water partition coefficient (Wildman–Crippen LogP) is -1.25. The Hall–Kier alpha value is -2.34. The number of amides is 4. The summed E-state index contributed by atoms with van der Waals surface area (Å²) in [7, 11) is 0. The van der Waals surface area contributed by atoms with Gasteiger partial charge in [0.05, 0.1) is 12.5 Å². The van der Waals surface area contributed by atoms with Crippen molar-refractivity contribution in [2.45, 2.75) is 71.1 Å². The minimum atomic E-state index is -1.35. The maximum absolute atomic E-state index is 12.6. The van der Waals surface area contributed by atoms with Gasteiger partial charge in [-0.1, -0.05) is 34.1 Å². The highest BCUT2D eigenvalue weighted by molar-refractivity contribution is 7.80. The Kier molecular flexibility index (Phi) is 12.8. The molecule has 0 aromatic rings. The number of rotatable bonds is 14. The van der Waals surface area contributed by atoms with Crippen LogP contribution >= 0.6 is 12.6 Å². The number of nitrogens with one attached hydrogen (secondary N) is 3. The van der Waals surface area contributed by atoms with Gasteiger partial charge in [0.15, 0.2) is 0 Å². The van der Waals surface area contributed by atoms with E-state index in [0.29, 0.717) is 6.42 Å². The molecule has 5 unspecified atom stereocenters. The lowest BCUT2D eigenvalue weighted by atomic mass is 9.99. The van der Waals surface area contributed by atoms with E-state index in [1.807, 2.05) is 6.92 Å². The molecule has 0 heterocycles. The molecule has 0 fully saturated rings. The molecule has 0 aromatic heterocycles. The number of primary amides is 1. The third-order valence-electron chi connectivity index (χ3n) is 4.74. The predicted molar refractivity (Wildman–Crippen MR) is 118 cm³/mol. The summed E-state index contributed by atoms with van der Waals surface area (Å²) in [5.74, 6) is -4.57.